The summed E-state index contributed by atoms with van der Waals surface area (Å²) in [7, 11) is -2.62. The third kappa shape index (κ3) is 5.72. The van der Waals surface area contributed by atoms with E-state index in [1.807, 2.05) is 0 Å². The molecule has 0 aromatic carbocycles. The first-order valence-electron chi connectivity index (χ1n) is 12.7. The minimum absolute atomic E-state index is 0.0102. The Hall–Kier alpha value is -2.14. The van der Waals surface area contributed by atoms with Gasteiger partial charge in [0, 0.05) is 16.6 Å². The van der Waals surface area contributed by atoms with Crippen molar-refractivity contribution in [2.45, 2.75) is 36.9 Å². The molecule has 226 valence electrons. The highest BCUT2D eigenvalue weighted by Crippen LogP contribution is 2.64. The minimum Gasteiger partial charge on any atom is -0.382 e. The van der Waals surface area contributed by atoms with Crippen molar-refractivity contribution in [1.29, 1.82) is 0 Å². The molecule has 9 atom stereocenters. The second-order valence-corrected chi connectivity index (χ2v) is 15.9. The number of halogens is 1. The van der Waals surface area contributed by atoms with Gasteiger partial charge in [0.05, 0.1) is 26.1 Å². The van der Waals surface area contributed by atoms with Crippen LogP contribution < -0.4 is 11.5 Å². The fourth-order valence-corrected chi connectivity index (χ4v) is 8.72. The quantitative estimate of drug-likeness (QED) is 0.209. The van der Waals surface area contributed by atoms with E-state index >= 15 is 4.39 Å². The Bertz CT molecular complexity index is 1570. The van der Waals surface area contributed by atoms with E-state index < -0.39 is 52.2 Å². The highest BCUT2D eigenvalue weighted by atomic mass is 33.3. The van der Waals surface area contributed by atoms with Crippen LogP contribution in [0.1, 0.15) is 34.6 Å². The molecule has 42 heavy (non-hydrogen) atoms. The summed E-state index contributed by atoms with van der Waals surface area (Å²) in [4.78, 5) is 27.7. The zero-order chi connectivity index (χ0) is 29.6. The van der Waals surface area contributed by atoms with Gasteiger partial charge in [-0.1, -0.05) is 11.7 Å². The Balaban J connectivity index is 1.23. The topological polar surface area (TPSA) is 206 Å². The zero-order valence-corrected chi connectivity index (χ0v) is 25.2. The fraction of sp³-hybridized carbons (Fsp3) is 0.500. The van der Waals surface area contributed by atoms with Crippen molar-refractivity contribution >= 4 is 60.0 Å². The van der Waals surface area contributed by atoms with Crippen LogP contribution in [0.2, 0.25) is 0 Å². The Morgan fingerprint density at radius 3 is 2.81 bits per heavy atom. The standard InChI is InChI=1S/C22H26FN7O8P2S2/c23-16-18-15(37-22(16)30-9-29-17-19(24)27-8-28-21(17)30)7-36-40(33,42-41)35-6-13-11(5-34-39(32)38-18)3-12(13)10-1-2-26-14(4-10)20(25)31/h1-2,4,8-9,11-13,15-16,18,22,39,41H,3,5-7H2,(H2,25,31)(H2,24,27,28)/t11-,12+,13-,15-,16-,18-,22-,40?/m1/s1. The third-order valence-electron chi connectivity index (χ3n) is 7.64. The summed E-state index contributed by atoms with van der Waals surface area (Å²) in [5, 5.41) is 0. The summed E-state index contributed by atoms with van der Waals surface area (Å²) in [6.07, 6.45) is -1.19. The molecular formula is C22H26FN7O8P2S2. The molecule has 3 aliphatic rings. The van der Waals surface area contributed by atoms with Crippen LogP contribution in [0.3, 0.4) is 0 Å². The number of thiol groups is 1. The fourth-order valence-electron chi connectivity index (χ4n) is 5.44. The number of hydrogen-bond acceptors (Lipinski definition) is 15. The molecule has 1 saturated carbocycles. The monoisotopic (exact) mass is 661 g/mol. The normalized spacial score (nSPS) is 35.7. The van der Waals surface area contributed by atoms with Gasteiger partial charge in [-0.3, -0.25) is 28.0 Å². The lowest BCUT2D eigenvalue weighted by molar-refractivity contribution is -0.0406. The summed E-state index contributed by atoms with van der Waals surface area (Å²) in [6, 6.07) is 3.35. The molecule has 20 heteroatoms. The van der Waals surface area contributed by atoms with Crippen LogP contribution in [0.4, 0.5) is 10.2 Å². The molecule has 2 unspecified atom stereocenters. The van der Waals surface area contributed by atoms with Crippen LogP contribution in [-0.2, 0) is 32.0 Å². The van der Waals surface area contributed by atoms with E-state index in [2.05, 4.69) is 31.6 Å². The van der Waals surface area contributed by atoms with Crippen molar-refractivity contribution in [1.82, 2.24) is 24.5 Å². The molecule has 4 N–H and O–H groups in total. The number of aromatic nitrogens is 5. The van der Waals surface area contributed by atoms with Crippen molar-refractivity contribution < 1.29 is 41.1 Å². The smallest absolute Gasteiger partial charge is 0.382 e. The molecule has 2 aliphatic heterocycles. The van der Waals surface area contributed by atoms with E-state index in [1.165, 1.54) is 23.4 Å². The predicted octanol–water partition coefficient (Wildman–Crippen LogP) is 3.08. The van der Waals surface area contributed by atoms with Crippen molar-refractivity contribution in [2.24, 2.45) is 17.6 Å². The number of anilines is 1. The molecule has 1 aliphatic carbocycles. The summed E-state index contributed by atoms with van der Waals surface area (Å²) in [5.74, 6) is -1.11. The Morgan fingerprint density at radius 2 is 2.02 bits per heavy atom. The maximum Gasteiger partial charge on any atom is 0.399 e. The number of pyridine rings is 1. The molecule has 0 spiro atoms. The van der Waals surface area contributed by atoms with Crippen molar-refractivity contribution in [3.05, 3.63) is 42.2 Å². The molecule has 2 saturated heterocycles. The highest BCUT2D eigenvalue weighted by molar-refractivity contribution is 8.93. The van der Waals surface area contributed by atoms with Crippen molar-refractivity contribution in [3.63, 3.8) is 0 Å². The van der Waals surface area contributed by atoms with Crippen LogP contribution >= 0.6 is 37.1 Å². The van der Waals surface area contributed by atoms with Crippen molar-refractivity contribution in [2.75, 3.05) is 25.6 Å². The van der Waals surface area contributed by atoms with Crippen LogP contribution in [0.15, 0.2) is 31.0 Å². The molecule has 1 amide bonds. The van der Waals surface area contributed by atoms with E-state index in [-0.39, 0.29) is 53.6 Å². The average Bonchev–Trinajstić information content (AvgIpc) is 3.53. The molecular weight excluding hydrogens is 635 g/mol. The number of fused-ring (bicyclic) bond motifs is 3. The van der Waals surface area contributed by atoms with Crippen LogP contribution in [-0.4, -0.2) is 68.6 Å². The number of primary amides is 1. The maximum atomic E-state index is 15.9. The van der Waals surface area contributed by atoms with Gasteiger partial charge in [-0.15, -0.1) is 0 Å². The first-order valence-corrected chi connectivity index (χ1v) is 18.0. The third-order valence-corrected chi connectivity index (χ3v) is 12.7. The Labute approximate surface area is 247 Å². The van der Waals surface area contributed by atoms with Crippen LogP contribution in [0.5, 0.6) is 0 Å². The van der Waals surface area contributed by atoms with E-state index in [0.29, 0.717) is 16.8 Å². The summed E-state index contributed by atoms with van der Waals surface area (Å²) < 4.78 is 72.1. The van der Waals surface area contributed by atoms with Gasteiger partial charge in [0.25, 0.3) is 5.91 Å². The molecule has 3 aromatic rings. The van der Waals surface area contributed by atoms with E-state index in [9.17, 15) is 13.9 Å². The number of imidazole rings is 1. The molecule has 0 bridgehead atoms. The van der Waals surface area contributed by atoms with E-state index in [0.717, 1.165) is 5.56 Å². The summed E-state index contributed by atoms with van der Waals surface area (Å²) in [6.45, 7) is -4.32. The van der Waals surface area contributed by atoms with Gasteiger partial charge in [-0.05, 0) is 41.9 Å². The zero-order valence-electron chi connectivity index (χ0n) is 21.6. The molecule has 5 heterocycles. The molecule has 3 fully saturated rings. The Morgan fingerprint density at radius 1 is 1.21 bits per heavy atom. The second kappa shape index (κ2) is 12.1. The van der Waals surface area contributed by atoms with Gasteiger partial charge in [0.1, 0.15) is 29.7 Å². The van der Waals surface area contributed by atoms with E-state index in [4.69, 9.17) is 34.3 Å². The van der Waals surface area contributed by atoms with Gasteiger partial charge in [-0.2, -0.15) is 0 Å². The first-order chi connectivity index (χ1) is 20.2. The van der Waals surface area contributed by atoms with Gasteiger partial charge in [0.2, 0.25) is 0 Å². The van der Waals surface area contributed by atoms with Crippen molar-refractivity contribution in [3.8, 4) is 0 Å². The lowest BCUT2D eigenvalue weighted by Crippen LogP contribution is -2.40. The summed E-state index contributed by atoms with van der Waals surface area (Å²) in [5.41, 5.74) is 12.6. The van der Waals surface area contributed by atoms with Crippen LogP contribution in [0, 0.1) is 11.8 Å². The summed E-state index contributed by atoms with van der Waals surface area (Å²) >= 11 is 4.10. The van der Waals surface area contributed by atoms with Gasteiger partial charge in [-0.25, -0.2) is 23.9 Å². The predicted molar refractivity (Wildman–Crippen MR) is 152 cm³/mol. The SMILES string of the molecule is NC(=O)c1cc([C@@H]2C[C@@H]3CO[PH](=O)O[C@H]4[C@@H](F)[C@H](n5cnc6c(N)ncnc65)O[C@@H]4COP(=O)(SS)OC[C@H]32)ccn1. The first kappa shape index (κ1) is 29.9. The maximum absolute atomic E-state index is 15.9. The molecule has 15 nitrogen and oxygen atoms in total. The number of carbonyl (C=O) groups excluding carboxylic acids is 1. The van der Waals surface area contributed by atoms with Crippen LogP contribution in [0.25, 0.3) is 11.2 Å². The van der Waals surface area contributed by atoms with Gasteiger partial charge < -0.3 is 25.3 Å². The van der Waals surface area contributed by atoms with Gasteiger partial charge in [0.15, 0.2) is 23.9 Å². The molecule has 3 aromatic heterocycles. The minimum atomic E-state index is -3.87. The number of hydrogen-bond donors (Lipinski definition) is 3. The molecule has 0 radical (unpaired) electrons. The Kier molecular flexibility index (Phi) is 8.61. The number of carbonyl (C=O) groups is 1. The number of nitrogens with zero attached hydrogens (tertiary/aromatic N) is 5. The number of nitrogen functional groups attached to an aromatic ring is 1. The lowest BCUT2D eigenvalue weighted by atomic mass is 9.63. The van der Waals surface area contributed by atoms with E-state index in [1.54, 1.807) is 12.1 Å². The number of rotatable bonds is 4. The molecule has 6 rings (SSSR count). The van der Waals surface area contributed by atoms with Gasteiger partial charge >= 0.3 is 15.1 Å². The largest absolute Gasteiger partial charge is 0.399 e. The number of nitrogens with two attached hydrogens (primary N) is 2. The number of amides is 1. The lowest BCUT2D eigenvalue weighted by Gasteiger charge is -2.45. The highest BCUT2D eigenvalue weighted by Gasteiger charge is 2.50. The number of alkyl halides is 1. The second-order valence-electron chi connectivity index (χ2n) is 9.96. The average molecular weight is 662 g/mol. The number of ether oxygens (including phenoxy) is 1.